The molecule has 2 aromatic carbocycles. The van der Waals surface area contributed by atoms with Crippen LogP contribution < -0.4 is 15.0 Å². The number of ether oxygens (including phenoxy) is 1. The van der Waals surface area contributed by atoms with Crippen LogP contribution in [0, 0.1) is 12.7 Å². The smallest absolute Gasteiger partial charge is 0.266 e. The molecule has 3 aromatic rings. The molecule has 5 rings (SSSR count). The molecule has 2 N–H and O–H groups in total. The van der Waals surface area contributed by atoms with Crippen molar-refractivity contribution < 1.29 is 23.0 Å². The van der Waals surface area contributed by atoms with Gasteiger partial charge in [-0.3, -0.25) is 0 Å². The molecule has 1 unspecified atom stereocenters. The highest BCUT2D eigenvalue weighted by atomic mass is 19.3. The third-order valence-electron chi connectivity index (χ3n) is 6.93. The molecule has 1 aromatic heterocycles. The van der Waals surface area contributed by atoms with Gasteiger partial charge in [0.25, 0.3) is 6.43 Å². The number of halogens is 3. The van der Waals surface area contributed by atoms with Crippen LogP contribution in [0.1, 0.15) is 61.2 Å². The number of hydrogen-bond donors (Lipinski definition) is 2. The van der Waals surface area contributed by atoms with Crippen LogP contribution in [-0.4, -0.2) is 41.4 Å². The van der Waals surface area contributed by atoms with Crippen molar-refractivity contribution in [3.05, 3.63) is 58.7 Å². The first-order valence-electron chi connectivity index (χ1n) is 12.1. The second kappa shape index (κ2) is 9.61. The van der Waals surface area contributed by atoms with Crippen molar-refractivity contribution in [1.29, 1.82) is 0 Å². The summed E-state index contributed by atoms with van der Waals surface area (Å²) in [6.45, 7) is 4.74. The number of nitrogens with one attached hydrogen (secondary N) is 1. The molecular weight excluding hydrogens is 469 g/mol. The summed E-state index contributed by atoms with van der Waals surface area (Å²) < 4.78 is 47.6. The fourth-order valence-electron chi connectivity index (χ4n) is 5.01. The number of benzene rings is 2. The molecule has 6 nitrogen and oxygen atoms in total. The number of anilines is 2. The van der Waals surface area contributed by atoms with Crippen molar-refractivity contribution in [2.45, 2.75) is 51.7 Å². The van der Waals surface area contributed by atoms with E-state index in [-0.39, 0.29) is 11.7 Å². The fraction of sp³-hybridized carbons (Fsp3) is 0.407. The van der Waals surface area contributed by atoms with E-state index in [9.17, 15) is 18.3 Å². The number of rotatable bonds is 5. The molecule has 9 heteroatoms. The molecule has 2 atom stereocenters. The normalized spacial score (nSPS) is 18.6. The van der Waals surface area contributed by atoms with Gasteiger partial charge in [0.1, 0.15) is 35.3 Å². The van der Waals surface area contributed by atoms with E-state index in [1.54, 1.807) is 13.8 Å². The average molecular weight is 499 g/mol. The minimum absolute atomic E-state index is 0.139. The van der Waals surface area contributed by atoms with Gasteiger partial charge in [0, 0.05) is 23.6 Å². The second-order valence-electron chi connectivity index (χ2n) is 9.46. The van der Waals surface area contributed by atoms with Gasteiger partial charge in [-0.2, -0.15) is 0 Å². The molecular formula is C27H29F3N4O2. The zero-order valence-corrected chi connectivity index (χ0v) is 20.5. The SMILES string of the molecule is Cc1nc(N[C@H](C)c2cccc(C(F)F)c2F)c2cc(C3=CCC(O)CC3)c3c(c2n1)N(C)CCO3. The van der Waals surface area contributed by atoms with Gasteiger partial charge >= 0.3 is 0 Å². The van der Waals surface area contributed by atoms with Crippen LogP contribution in [0.4, 0.5) is 24.7 Å². The standard InChI is InChI=1S/C27H29F3N4O2/c1-14(18-5-4-6-19(22(18)28)26(29)30)31-27-21-13-20(16-7-9-17(35)10-8-16)25-24(34(3)11-12-36-25)23(21)32-15(2)33-27/h4-7,13-14,17,26,35H,8-12H2,1-3H3,(H,31,32,33)/t14-,17?/m1/s1. The lowest BCUT2D eigenvalue weighted by Gasteiger charge is -2.32. The van der Waals surface area contributed by atoms with Gasteiger partial charge < -0.3 is 20.1 Å². The van der Waals surface area contributed by atoms with Gasteiger partial charge in [-0.25, -0.2) is 23.1 Å². The van der Waals surface area contributed by atoms with Crippen molar-refractivity contribution in [1.82, 2.24) is 9.97 Å². The molecule has 0 bridgehead atoms. The molecule has 0 saturated heterocycles. The lowest BCUT2D eigenvalue weighted by molar-refractivity contribution is 0.146. The van der Waals surface area contributed by atoms with Crippen LogP contribution in [0.5, 0.6) is 5.75 Å². The van der Waals surface area contributed by atoms with E-state index in [1.807, 2.05) is 19.2 Å². The highest BCUT2D eigenvalue weighted by molar-refractivity contribution is 6.03. The van der Waals surface area contributed by atoms with Crippen molar-refractivity contribution in [2.75, 3.05) is 30.4 Å². The van der Waals surface area contributed by atoms with Crippen LogP contribution in [0.3, 0.4) is 0 Å². The Morgan fingerprint density at radius 2 is 2.00 bits per heavy atom. The maximum atomic E-state index is 14.9. The van der Waals surface area contributed by atoms with E-state index in [4.69, 9.17) is 9.72 Å². The Morgan fingerprint density at radius 1 is 1.22 bits per heavy atom. The molecule has 0 saturated carbocycles. The molecule has 0 radical (unpaired) electrons. The summed E-state index contributed by atoms with van der Waals surface area (Å²) in [6.07, 6.45) is 0.751. The first-order valence-corrected chi connectivity index (χ1v) is 12.1. The molecule has 2 aliphatic rings. The molecule has 1 aliphatic carbocycles. The highest BCUT2D eigenvalue weighted by Crippen LogP contribution is 2.46. The maximum absolute atomic E-state index is 14.9. The van der Waals surface area contributed by atoms with Gasteiger partial charge in [0.15, 0.2) is 5.75 Å². The molecule has 190 valence electrons. The van der Waals surface area contributed by atoms with E-state index in [0.29, 0.717) is 49.6 Å². The summed E-state index contributed by atoms with van der Waals surface area (Å²) in [7, 11) is 1.99. The molecule has 0 spiro atoms. The van der Waals surface area contributed by atoms with E-state index in [0.717, 1.165) is 34.0 Å². The van der Waals surface area contributed by atoms with Gasteiger partial charge in [-0.05, 0) is 44.7 Å². The zero-order valence-electron chi connectivity index (χ0n) is 20.5. The van der Waals surface area contributed by atoms with Crippen LogP contribution in [0.2, 0.25) is 0 Å². The topological polar surface area (TPSA) is 70.5 Å². The average Bonchev–Trinajstić information content (AvgIpc) is 2.84. The van der Waals surface area contributed by atoms with Crippen molar-refractivity contribution >= 4 is 28.0 Å². The number of alkyl halides is 2. The fourth-order valence-corrected chi connectivity index (χ4v) is 5.01. The predicted octanol–water partition coefficient (Wildman–Crippen LogP) is 5.94. The summed E-state index contributed by atoms with van der Waals surface area (Å²) in [5.74, 6) is 0.852. The quantitative estimate of drug-likeness (QED) is 0.453. The third kappa shape index (κ3) is 4.36. The van der Waals surface area contributed by atoms with Crippen molar-refractivity contribution in [3.8, 4) is 5.75 Å². The molecule has 1 aliphatic heterocycles. The van der Waals surface area contributed by atoms with Crippen LogP contribution in [0.25, 0.3) is 16.5 Å². The molecule has 0 fully saturated rings. The Morgan fingerprint density at radius 3 is 2.72 bits per heavy atom. The highest BCUT2D eigenvalue weighted by Gasteiger charge is 2.28. The van der Waals surface area contributed by atoms with E-state index >= 15 is 0 Å². The van der Waals surface area contributed by atoms with Crippen molar-refractivity contribution in [3.63, 3.8) is 0 Å². The Labute approximate surface area is 207 Å². The number of fused-ring (bicyclic) bond motifs is 3. The third-order valence-corrected chi connectivity index (χ3v) is 6.93. The number of aromatic nitrogens is 2. The monoisotopic (exact) mass is 498 g/mol. The summed E-state index contributed by atoms with van der Waals surface area (Å²) >= 11 is 0. The van der Waals surface area contributed by atoms with Gasteiger partial charge in [-0.1, -0.05) is 24.3 Å². The zero-order chi connectivity index (χ0) is 25.6. The summed E-state index contributed by atoms with van der Waals surface area (Å²) in [5.41, 5.74) is 3.09. The number of hydrogen-bond acceptors (Lipinski definition) is 6. The number of nitrogens with zero attached hydrogens (tertiary/aromatic N) is 3. The first kappa shape index (κ1) is 24.4. The Balaban J connectivity index is 1.65. The number of aliphatic hydroxyl groups excluding tert-OH is 1. The van der Waals surface area contributed by atoms with E-state index in [2.05, 4.69) is 15.2 Å². The summed E-state index contributed by atoms with van der Waals surface area (Å²) in [6, 6.07) is 5.40. The van der Waals surface area contributed by atoms with Gasteiger partial charge in [-0.15, -0.1) is 0 Å². The Bertz CT molecular complexity index is 1340. The minimum atomic E-state index is -2.90. The van der Waals surface area contributed by atoms with E-state index < -0.39 is 23.8 Å². The molecule has 36 heavy (non-hydrogen) atoms. The lowest BCUT2D eigenvalue weighted by Crippen LogP contribution is -2.30. The Hall–Kier alpha value is -3.33. The minimum Gasteiger partial charge on any atom is -0.489 e. The molecule has 2 heterocycles. The van der Waals surface area contributed by atoms with Gasteiger partial charge in [0.05, 0.1) is 24.3 Å². The summed E-state index contributed by atoms with van der Waals surface area (Å²) in [4.78, 5) is 11.4. The summed E-state index contributed by atoms with van der Waals surface area (Å²) in [5, 5.41) is 14.0. The lowest BCUT2D eigenvalue weighted by atomic mass is 9.90. The Kier molecular flexibility index (Phi) is 6.51. The number of allylic oxidation sites excluding steroid dienone is 1. The largest absolute Gasteiger partial charge is 0.489 e. The van der Waals surface area contributed by atoms with Crippen LogP contribution in [-0.2, 0) is 0 Å². The molecule has 0 amide bonds. The number of likely N-dealkylation sites (N-methyl/N-ethyl adjacent to an activating group) is 1. The number of aliphatic hydroxyl groups is 1. The van der Waals surface area contributed by atoms with Crippen LogP contribution >= 0.6 is 0 Å². The number of aryl methyl sites for hydroxylation is 1. The van der Waals surface area contributed by atoms with Crippen LogP contribution in [0.15, 0.2) is 30.3 Å². The maximum Gasteiger partial charge on any atom is 0.266 e. The van der Waals surface area contributed by atoms with Gasteiger partial charge in [0.2, 0.25) is 0 Å². The van der Waals surface area contributed by atoms with E-state index in [1.165, 1.54) is 12.1 Å². The second-order valence-corrected chi connectivity index (χ2v) is 9.46. The van der Waals surface area contributed by atoms with Crippen molar-refractivity contribution in [2.24, 2.45) is 0 Å². The first-order chi connectivity index (χ1) is 17.2. The predicted molar refractivity (Wildman–Crippen MR) is 134 cm³/mol.